The summed E-state index contributed by atoms with van der Waals surface area (Å²) in [6, 6.07) is 14.8. The molecule has 0 aliphatic rings. The summed E-state index contributed by atoms with van der Waals surface area (Å²) < 4.78 is 5.38. The van der Waals surface area contributed by atoms with Gasteiger partial charge < -0.3 is 15.4 Å². The molecule has 0 aliphatic carbocycles. The SMILES string of the molecule is COc1ccc(C)cc1NC(=S)NC(C)c1ccc(C(C)C)cc1. The molecule has 0 amide bonds. The van der Waals surface area contributed by atoms with E-state index in [0.29, 0.717) is 11.0 Å². The van der Waals surface area contributed by atoms with Crippen LogP contribution in [0.1, 0.15) is 49.4 Å². The van der Waals surface area contributed by atoms with Gasteiger partial charge in [-0.25, -0.2) is 0 Å². The third-order valence-electron chi connectivity index (χ3n) is 4.05. The molecule has 2 N–H and O–H groups in total. The molecule has 1 unspecified atom stereocenters. The fourth-order valence-corrected chi connectivity index (χ4v) is 2.81. The molecule has 0 saturated carbocycles. The third kappa shape index (κ3) is 4.71. The van der Waals surface area contributed by atoms with E-state index in [-0.39, 0.29) is 6.04 Å². The normalized spacial score (nSPS) is 11.9. The summed E-state index contributed by atoms with van der Waals surface area (Å²) in [5.41, 5.74) is 4.58. The smallest absolute Gasteiger partial charge is 0.171 e. The second-order valence-electron chi connectivity index (χ2n) is 6.35. The number of methoxy groups -OCH3 is 1. The summed E-state index contributed by atoms with van der Waals surface area (Å²) in [7, 11) is 1.66. The Hall–Kier alpha value is -2.07. The molecule has 0 saturated heterocycles. The van der Waals surface area contributed by atoms with Crippen molar-refractivity contribution in [1.82, 2.24) is 5.32 Å². The Balaban J connectivity index is 2.02. The van der Waals surface area contributed by atoms with Crippen molar-refractivity contribution >= 4 is 23.0 Å². The van der Waals surface area contributed by atoms with Crippen LogP contribution in [0.5, 0.6) is 5.75 Å². The van der Waals surface area contributed by atoms with Crippen molar-refractivity contribution in [2.75, 3.05) is 12.4 Å². The summed E-state index contributed by atoms with van der Waals surface area (Å²) in [5.74, 6) is 1.32. The molecular formula is C20H26N2OS. The largest absolute Gasteiger partial charge is 0.495 e. The predicted octanol–water partition coefficient (Wildman–Crippen LogP) is 5.17. The lowest BCUT2D eigenvalue weighted by Crippen LogP contribution is -2.31. The van der Waals surface area contributed by atoms with Crippen molar-refractivity contribution in [1.29, 1.82) is 0 Å². The van der Waals surface area contributed by atoms with Crippen LogP contribution in [0.15, 0.2) is 42.5 Å². The first-order chi connectivity index (χ1) is 11.4. The van der Waals surface area contributed by atoms with Crippen molar-refractivity contribution in [2.45, 2.75) is 39.7 Å². The van der Waals surface area contributed by atoms with Gasteiger partial charge in [-0.05, 0) is 60.8 Å². The molecule has 2 aromatic carbocycles. The van der Waals surface area contributed by atoms with Crippen molar-refractivity contribution < 1.29 is 4.74 Å². The fraction of sp³-hybridized carbons (Fsp3) is 0.350. The van der Waals surface area contributed by atoms with Crippen LogP contribution in [0.2, 0.25) is 0 Å². The van der Waals surface area contributed by atoms with Gasteiger partial charge in [0.2, 0.25) is 0 Å². The van der Waals surface area contributed by atoms with Gasteiger partial charge in [0, 0.05) is 0 Å². The average molecular weight is 343 g/mol. The first-order valence-electron chi connectivity index (χ1n) is 8.22. The van der Waals surface area contributed by atoms with Crippen LogP contribution >= 0.6 is 12.2 Å². The van der Waals surface area contributed by atoms with E-state index in [0.717, 1.165) is 17.0 Å². The average Bonchev–Trinajstić information content (AvgIpc) is 2.55. The van der Waals surface area contributed by atoms with E-state index in [9.17, 15) is 0 Å². The minimum atomic E-state index is 0.127. The van der Waals surface area contributed by atoms with Gasteiger partial charge in [-0.15, -0.1) is 0 Å². The molecule has 2 aromatic rings. The first-order valence-corrected chi connectivity index (χ1v) is 8.63. The number of hydrogen-bond acceptors (Lipinski definition) is 2. The van der Waals surface area contributed by atoms with Crippen LogP contribution < -0.4 is 15.4 Å². The maximum atomic E-state index is 5.45. The number of benzene rings is 2. The predicted molar refractivity (Wildman–Crippen MR) is 106 cm³/mol. The molecule has 0 radical (unpaired) electrons. The zero-order valence-electron chi connectivity index (χ0n) is 15.0. The van der Waals surface area contributed by atoms with Crippen LogP contribution in [0.3, 0.4) is 0 Å². The Labute approximate surface area is 150 Å². The number of ether oxygens (including phenoxy) is 1. The molecular weight excluding hydrogens is 316 g/mol. The Morgan fingerprint density at radius 2 is 1.62 bits per heavy atom. The van der Waals surface area contributed by atoms with Crippen molar-refractivity contribution in [3.05, 3.63) is 59.2 Å². The zero-order valence-corrected chi connectivity index (χ0v) is 15.8. The minimum absolute atomic E-state index is 0.127. The third-order valence-corrected chi connectivity index (χ3v) is 4.27. The second kappa shape index (κ2) is 8.15. The summed E-state index contributed by atoms with van der Waals surface area (Å²) in [6.45, 7) is 8.54. The van der Waals surface area contributed by atoms with Gasteiger partial charge in [-0.2, -0.15) is 0 Å². The topological polar surface area (TPSA) is 33.3 Å². The van der Waals surface area contributed by atoms with E-state index in [1.807, 2.05) is 25.1 Å². The molecule has 0 spiro atoms. The van der Waals surface area contributed by atoms with Crippen molar-refractivity contribution in [2.24, 2.45) is 0 Å². The van der Waals surface area contributed by atoms with Gasteiger partial charge in [-0.3, -0.25) is 0 Å². The standard InChI is InChI=1S/C20H26N2OS/c1-13(2)16-7-9-17(10-8-16)15(4)21-20(24)22-18-12-14(3)6-11-19(18)23-5/h6-13,15H,1-5H3,(H2,21,22,24). The van der Waals surface area contributed by atoms with Gasteiger partial charge in [-0.1, -0.05) is 44.2 Å². The lowest BCUT2D eigenvalue weighted by Gasteiger charge is -2.19. The van der Waals surface area contributed by atoms with Crippen LogP contribution in [0, 0.1) is 6.92 Å². The van der Waals surface area contributed by atoms with Gasteiger partial charge in [0.05, 0.1) is 18.8 Å². The highest BCUT2D eigenvalue weighted by Crippen LogP contribution is 2.25. The van der Waals surface area contributed by atoms with Gasteiger partial charge in [0.1, 0.15) is 5.75 Å². The highest BCUT2D eigenvalue weighted by Gasteiger charge is 2.10. The van der Waals surface area contributed by atoms with E-state index in [1.165, 1.54) is 11.1 Å². The van der Waals surface area contributed by atoms with E-state index in [4.69, 9.17) is 17.0 Å². The van der Waals surface area contributed by atoms with E-state index < -0.39 is 0 Å². The highest BCUT2D eigenvalue weighted by molar-refractivity contribution is 7.80. The highest BCUT2D eigenvalue weighted by atomic mass is 32.1. The molecule has 0 bridgehead atoms. The lowest BCUT2D eigenvalue weighted by molar-refractivity contribution is 0.417. The van der Waals surface area contributed by atoms with Gasteiger partial charge in [0.25, 0.3) is 0 Å². The van der Waals surface area contributed by atoms with Crippen LogP contribution in [-0.2, 0) is 0 Å². The molecule has 2 rings (SSSR count). The van der Waals surface area contributed by atoms with Gasteiger partial charge in [0.15, 0.2) is 5.11 Å². The quantitative estimate of drug-likeness (QED) is 0.734. The molecule has 0 aliphatic heterocycles. The molecule has 0 heterocycles. The summed E-state index contributed by atoms with van der Waals surface area (Å²) >= 11 is 5.45. The number of rotatable bonds is 5. The Bertz CT molecular complexity index is 695. The number of anilines is 1. The lowest BCUT2D eigenvalue weighted by atomic mass is 10.00. The van der Waals surface area contributed by atoms with Crippen molar-refractivity contribution in [3.8, 4) is 5.75 Å². The molecule has 24 heavy (non-hydrogen) atoms. The van der Waals surface area contributed by atoms with Crippen LogP contribution in [-0.4, -0.2) is 12.2 Å². The number of nitrogens with one attached hydrogen (secondary N) is 2. The van der Waals surface area contributed by atoms with Crippen molar-refractivity contribution in [3.63, 3.8) is 0 Å². The Morgan fingerprint density at radius 1 is 1.00 bits per heavy atom. The number of aryl methyl sites for hydroxylation is 1. The molecule has 0 fully saturated rings. The monoisotopic (exact) mass is 342 g/mol. The Morgan fingerprint density at radius 3 is 2.21 bits per heavy atom. The maximum Gasteiger partial charge on any atom is 0.171 e. The summed E-state index contributed by atoms with van der Waals surface area (Å²) in [6.07, 6.45) is 0. The molecule has 4 heteroatoms. The van der Waals surface area contributed by atoms with Crippen LogP contribution in [0.4, 0.5) is 5.69 Å². The number of hydrogen-bond donors (Lipinski definition) is 2. The van der Waals surface area contributed by atoms with E-state index in [2.05, 4.69) is 55.7 Å². The molecule has 1 atom stereocenters. The Kier molecular flexibility index (Phi) is 6.21. The molecule has 3 nitrogen and oxygen atoms in total. The minimum Gasteiger partial charge on any atom is -0.495 e. The second-order valence-corrected chi connectivity index (χ2v) is 6.75. The molecule has 128 valence electrons. The van der Waals surface area contributed by atoms with E-state index in [1.54, 1.807) is 7.11 Å². The first kappa shape index (κ1) is 18.3. The van der Waals surface area contributed by atoms with Crippen LogP contribution in [0.25, 0.3) is 0 Å². The maximum absolute atomic E-state index is 5.45. The van der Waals surface area contributed by atoms with Gasteiger partial charge >= 0.3 is 0 Å². The fourth-order valence-electron chi connectivity index (χ4n) is 2.53. The zero-order chi connectivity index (χ0) is 17.7. The summed E-state index contributed by atoms with van der Waals surface area (Å²) in [5, 5.41) is 7.14. The molecule has 0 aromatic heterocycles. The van der Waals surface area contributed by atoms with E-state index >= 15 is 0 Å². The number of thiocarbonyl (C=S) groups is 1. The summed E-state index contributed by atoms with van der Waals surface area (Å²) in [4.78, 5) is 0.